The highest BCUT2D eigenvalue weighted by molar-refractivity contribution is 6.54. The number of rotatable bonds is 1. The number of hydrogen-bond acceptors (Lipinski definition) is 3. The van der Waals surface area contributed by atoms with Gasteiger partial charge in [0, 0.05) is 22.4 Å². The van der Waals surface area contributed by atoms with Crippen molar-refractivity contribution >= 4 is 28.2 Å². The van der Waals surface area contributed by atoms with Gasteiger partial charge in [0.2, 0.25) is 0 Å². The smallest absolute Gasteiger partial charge is 0.283 e. The van der Waals surface area contributed by atoms with Gasteiger partial charge in [0.25, 0.3) is 5.78 Å². The van der Waals surface area contributed by atoms with Crippen LogP contribution >= 0.6 is 0 Å². The molecular weight excluding hydrogens is 276 g/mol. The van der Waals surface area contributed by atoms with Gasteiger partial charge in [-0.25, -0.2) is 4.99 Å². The molecule has 2 heterocycles. The van der Waals surface area contributed by atoms with Crippen molar-refractivity contribution < 1.29 is 9.59 Å². The monoisotopic (exact) mass is 286 g/mol. The molecule has 0 spiro atoms. The molecule has 0 bridgehead atoms. The second kappa shape index (κ2) is 4.70. The Morgan fingerprint density at radius 3 is 2.45 bits per heavy atom. The minimum atomic E-state index is -0.734. The standard InChI is InChI=1S/C18H10N2O2/c21-17-15(11-5-2-1-3-6-11)13-8-9-14-12(7-4-10-19-14)16(13)20-18(17)22/h1-10H. The molecule has 3 aromatic rings. The molecule has 1 aromatic heterocycles. The number of nitrogens with zero attached hydrogens (tertiary/aromatic N) is 2. The van der Waals surface area contributed by atoms with Gasteiger partial charge < -0.3 is 0 Å². The van der Waals surface area contributed by atoms with Crippen LogP contribution in [-0.2, 0) is 9.59 Å². The summed E-state index contributed by atoms with van der Waals surface area (Å²) in [5.74, 6) is -1.30. The van der Waals surface area contributed by atoms with Crippen molar-refractivity contribution in [2.75, 3.05) is 0 Å². The van der Waals surface area contributed by atoms with Gasteiger partial charge in [-0.05, 0) is 29.8 Å². The molecule has 1 amide bonds. The highest BCUT2D eigenvalue weighted by Gasteiger charge is 2.25. The van der Waals surface area contributed by atoms with E-state index >= 15 is 0 Å². The maximum absolute atomic E-state index is 12.3. The maximum atomic E-state index is 12.3. The maximum Gasteiger partial charge on any atom is 0.318 e. The Balaban J connectivity index is 2.23. The number of amides is 1. The largest absolute Gasteiger partial charge is 0.318 e. The lowest BCUT2D eigenvalue weighted by atomic mass is 9.95. The van der Waals surface area contributed by atoms with Crippen LogP contribution in [0.5, 0.6) is 0 Å². The summed E-state index contributed by atoms with van der Waals surface area (Å²) in [6.45, 7) is 0. The summed E-state index contributed by atoms with van der Waals surface area (Å²) in [6, 6.07) is 16.5. The van der Waals surface area contributed by atoms with Crippen LogP contribution in [-0.4, -0.2) is 16.7 Å². The van der Waals surface area contributed by atoms with Crippen LogP contribution in [0.3, 0.4) is 0 Å². The molecule has 4 heteroatoms. The Morgan fingerprint density at radius 2 is 1.64 bits per heavy atom. The van der Waals surface area contributed by atoms with Crippen LogP contribution in [0.4, 0.5) is 0 Å². The quantitative estimate of drug-likeness (QED) is 0.631. The molecule has 0 N–H and O–H groups in total. The summed E-state index contributed by atoms with van der Waals surface area (Å²) in [7, 11) is 0. The summed E-state index contributed by atoms with van der Waals surface area (Å²) >= 11 is 0. The van der Waals surface area contributed by atoms with Crippen molar-refractivity contribution in [1.82, 2.24) is 4.98 Å². The van der Waals surface area contributed by atoms with Crippen molar-refractivity contribution in [1.29, 1.82) is 0 Å². The molecule has 0 fully saturated rings. The van der Waals surface area contributed by atoms with Crippen LogP contribution in [0.1, 0.15) is 5.56 Å². The third kappa shape index (κ3) is 1.78. The zero-order valence-electron chi connectivity index (χ0n) is 11.5. The number of pyridine rings is 1. The third-order valence-electron chi connectivity index (χ3n) is 3.72. The van der Waals surface area contributed by atoms with Gasteiger partial charge in [-0.3, -0.25) is 14.6 Å². The van der Waals surface area contributed by atoms with Gasteiger partial charge in [0.1, 0.15) is 0 Å². The fourth-order valence-corrected chi connectivity index (χ4v) is 2.73. The molecule has 4 nitrogen and oxygen atoms in total. The number of aromatic nitrogens is 1. The van der Waals surface area contributed by atoms with E-state index in [-0.39, 0.29) is 0 Å². The predicted octanol–water partition coefficient (Wildman–Crippen LogP) is 1.16. The van der Waals surface area contributed by atoms with Crippen molar-refractivity contribution in [3.05, 3.63) is 76.9 Å². The van der Waals surface area contributed by atoms with E-state index in [1.807, 2.05) is 42.5 Å². The molecule has 0 aliphatic carbocycles. The Morgan fingerprint density at radius 1 is 0.818 bits per heavy atom. The SMILES string of the molecule is O=C1N=c2c(ccc3ncccc23)=C(c2ccccc2)C1=O. The number of carbonyl (C=O) groups is 2. The molecule has 0 saturated heterocycles. The predicted molar refractivity (Wildman–Crippen MR) is 81.5 cm³/mol. The minimum Gasteiger partial charge on any atom is -0.283 e. The summed E-state index contributed by atoms with van der Waals surface area (Å²) in [5.41, 5.74) is 1.88. The van der Waals surface area contributed by atoms with Gasteiger partial charge in [-0.1, -0.05) is 30.3 Å². The number of Topliss-reactive ketones (excluding diaryl/α,β-unsaturated/α-hetero) is 1. The first-order valence-corrected chi connectivity index (χ1v) is 6.86. The fraction of sp³-hybridized carbons (Fsp3) is 0. The molecule has 104 valence electrons. The topological polar surface area (TPSA) is 59.4 Å². The van der Waals surface area contributed by atoms with Crippen molar-refractivity contribution in [2.24, 2.45) is 4.99 Å². The average molecular weight is 286 g/mol. The van der Waals surface area contributed by atoms with Gasteiger partial charge in [-0.15, -0.1) is 0 Å². The molecule has 4 rings (SSSR count). The van der Waals surface area contributed by atoms with E-state index in [9.17, 15) is 9.59 Å². The van der Waals surface area contributed by atoms with E-state index in [0.717, 1.165) is 16.5 Å². The zero-order chi connectivity index (χ0) is 15.1. The zero-order valence-corrected chi connectivity index (χ0v) is 11.5. The number of benzene rings is 2. The minimum absolute atomic E-state index is 0.404. The van der Waals surface area contributed by atoms with Crippen molar-refractivity contribution in [3.63, 3.8) is 0 Å². The number of hydrogen-bond donors (Lipinski definition) is 0. The van der Waals surface area contributed by atoms with Gasteiger partial charge in [0.15, 0.2) is 0 Å². The second-order valence-electron chi connectivity index (χ2n) is 5.02. The fourth-order valence-electron chi connectivity index (χ4n) is 2.73. The molecule has 0 atom stereocenters. The van der Waals surface area contributed by atoms with Crippen LogP contribution in [0, 0.1) is 0 Å². The van der Waals surface area contributed by atoms with Crippen LogP contribution in [0.15, 0.2) is 65.8 Å². The van der Waals surface area contributed by atoms with Gasteiger partial charge >= 0.3 is 5.91 Å². The lowest BCUT2D eigenvalue weighted by Gasteiger charge is -2.10. The number of fused-ring (bicyclic) bond motifs is 3. The first-order chi connectivity index (χ1) is 10.8. The molecule has 0 radical (unpaired) electrons. The highest BCUT2D eigenvalue weighted by atomic mass is 16.2. The Bertz CT molecular complexity index is 1050. The van der Waals surface area contributed by atoms with Crippen LogP contribution in [0.25, 0.3) is 16.5 Å². The summed E-state index contributed by atoms with van der Waals surface area (Å²) in [6.07, 6.45) is 1.69. The number of ketones is 1. The van der Waals surface area contributed by atoms with Crippen LogP contribution in [0.2, 0.25) is 0 Å². The highest BCUT2D eigenvalue weighted by Crippen LogP contribution is 2.15. The Labute approximate surface area is 125 Å². The summed E-state index contributed by atoms with van der Waals surface area (Å²) in [5, 5.41) is 1.97. The normalized spacial score (nSPS) is 13.9. The molecule has 22 heavy (non-hydrogen) atoms. The molecule has 2 aromatic carbocycles. The van der Waals surface area contributed by atoms with Gasteiger partial charge in [-0.2, -0.15) is 0 Å². The van der Waals surface area contributed by atoms with Gasteiger partial charge in [0.05, 0.1) is 10.9 Å². The third-order valence-corrected chi connectivity index (χ3v) is 3.72. The lowest BCUT2D eigenvalue weighted by molar-refractivity contribution is -0.132. The first-order valence-electron chi connectivity index (χ1n) is 6.86. The van der Waals surface area contributed by atoms with E-state index in [2.05, 4.69) is 9.98 Å². The molecule has 1 aliphatic heterocycles. The molecule has 0 saturated carbocycles. The van der Waals surface area contributed by atoms with Crippen molar-refractivity contribution in [3.8, 4) is 0 Å². The Hall–Kier alpha value is -3.14. The summed E-state index contributed by atoms with van der Waals surface area (Å²) < 4.78 is 0. The van der Waals surface area contributed by atoms with E-state index in [0.29, 0.717) is 16.1 Å². The van der Waals surface area contributed by atoms with Crippen LogP contribution < -0.4 is 10.6 Å². The average Bonchev–Trinajstić information content (AvgIpc) is 2.57. The molecule has 0 unspecified atom stereocenters. The Kier molecular flexibility index (Phi) is 2.69. The van der Waals surface area contributed by atoms with E-state index < -0.39 is 11.7 Å². The number of carbonyl (C=O) groups excluding carboxylic acids is 2. The van der Waals surface area contributed by atoms with Crippen molar-refractivity contribution in [2.45, 2.75) is 0 Å². The summed E-state index contributed by atoms with van der Waals surface area (Å²) in [4.78, 5) is 32.6. The first kappa shape index (κ1) is 12.6. The molecule has 1 aliphatic rings. The van der Waals surface area contributed by atoms with E-state index in [1.165, 1.54) is 0 Å². The van der Waals surface area contributed by atoms with E-state index in [1.54, 1.807) is 18.3 Å². The van der Waals surface area contributed by atoms with E-state index in [4.69, 9.17) is 0 Å². The lowest BCUT2D eigenvalue weighted by Crippen LogP contribution is -2.38. The molecular formula is C18H10N2O2. The second-order valence-corrected chi connectivity index (χ2v) is 5.02.